The fraction of sp³-hybridized carbons (Fsp3) is 0.400. The highest BCUT2D eigenvalue weighted by Gasteiger charge is 2.23. The Kier molecular flexibility index (Phi) is 7.54. The number of amides is 1. The molecule has 0 aliphatic carbocycles. The summed E-state index contributed by atoms with van der Waals surface area (Å²) < 4.78 is 15.8. The van der Waals surface area contributed by atoms with E-state index in [2.05, 4.69) is 26.5 Å². The van der Waals surface area contributed by atoms with Gasteiger partial charge in [0, 0.05) is 54.6 Å². The van der Waals surface area contributed by atoms with Gasteiger partial charge in [0.15, 0.2) is 0 Å². The maximum Gasteiger partial charge on any atom is 0.233 e. The van der Waals surface area contributed by atoms with Crippen molar-refractivity contribution in [1.29, 1.82) is 0 Å². The first-order valence-electron chi connectivity index (χ1n) is 9.94. The minimum absolute atomic E-state index is 0.0568. The number of aromatic nitrogens is 4. The molecule has 3 heterocycles. The number of aryl methyl sites for hydroxylation is 2. The average Bonchev–Trinajstić information content (AvgIpc) is 3.45. The molecule has 1 saturated heterocycles. The lowest BCUT2D eigenvalue weighted by Gasteiger charge is -2.34. The SMILES string of the molecule is O=C(CSc1nnnn1CCc1cccs1)N1CCN(Cc2c(F)cccc2Cl)CC1. The smallest absolute Gasteiger partial charge is 0.233 e. The third-order valence-corrected chi connectivity index (χ3v) is 7.37. The van der Waals surface area contributed by atoms with Crippen LogP contribution in [0.25, 0.3) is 0 Å². The molecule has 1 aliphatic rings. The molecule has 1 fully saturated rings. The van der Waals surface area contributed by atoms with Gasteiger partial charge in [0.05, 0.1) is 12.3 Å². The van der Waals surface area contributed by atoms with Crippen LogP contribution in [0.15, 0.2) is 40.9 Å². The van der Waals surface area contributed by atoms with E-state index in [4.69, 9.17) is 11.6 Å². The summed E-state index contributed by atoms with van der Waals surface area (Å²) in [5.41, 5.74) is 0.508. The Morgan fingerprint density at radius 3 is 2.77 bits per heavy atom. The summed E-state index contributed by atoms with van der Waals surface area (Å²) in [5.74, 6) is 0.0546. The molecule has 7 nitrogen and oxygen atoms in total. The van der Waals surface area contributed by atoms with Crippen LogP contribution < -0.4 is 0 Å². The molecule has 2 aromatic heterocycles. The summed E-state index contributed by atoms with van der Waals surface area (Å²) in [6.45, 7) is 3.70. The molecule has 0 bridgehead atoms. The molecule has 164 valence electrons. The van der Waals surface area contributed by atoms with Crippen molar-refractivity contribution in [2.45, 2.75) is 24.7 Å². The predicted octanol–water partition coefficient (Wildman–Crippen LogP) is 3.21. The molecule has 11 heteroatoms. The number of tetrazole rings is 1. The van der Waals surface area contributed by atoms with E-state index in [0.717, 1.165) is 6.42 Å². The highest BCUT2D eigenvalue weighted by atomic mass is 35.5. The maximum absolute atomic E-state index is 14.0. The van der Waals surface area contributed by atoms with Crippen LogP contribution >= 0.6 is 34.7 Å². The average molecular weight is 481 g/mol. The molecule has 0 saturated carbocycles. The van der Waals surface area contributed by atoms with Crippen molar-refractivity contribution in [1.82, 2.24) is 30.0 Å². The van der Waals surface area contributed by atoms with Gasteiger partial charge in [-0.25, -0.2) is 9.07 Å². The molecule has 31 heavy (non-hydrogen) atoms. The van der Waals surface area contributed by atoms with Crippen LogP contribution in [0, 0.1) is 5.82 Å². The van der Waals surface area contributed by atoms with Crippen LogP contribution in [-0.2, 0) is 24.3 Å². The fourth-order valence-electron chi connectivity index (χ4n) is 3.39. The summed E-state index contributed by atoms with van der Waals surface area (Å²) in [6, 6.07) is 8.84. The Labute approximate surface area is 193 Å². The zero-order chi connectivity index (χ0) is 21.6. The number of thioether (sulfide) groups is 1. The van der Waals surface area contributed by atoms with E-state index in [0.29, 0.717) is 60.8 Å². The lowest BCUT2D eigenvalue weighted by Crippen LogP contribution is -2.48. The number of thiophene rings is 1. The van der Waals surface area contributed by atoms with Gasteiger partial charge in [0.1, 0.15) is 5.82 Å². The molecule has 0 atom stereocenters. The zero-order valence-corrected chi connectivity index (χ0v) is 19.2. The summed E-state index contributed by atoms with van der Waals surface area (Å²) in [5, 5.41) is 15.0. The second kappa shape index (κ2) is 10.5. The molecule has 0 spiro atoms. The molecular formula is C20H22ClFN6OS2. The van der Waals surface area contributed by atoms with E-state index in [1.807, 2.05) is 16.3 Å². The van der Waals surface area contributed by atoms with Gasteiger partial charge >= 0.3 is 0 Å². The maximum atomic E-state index is 14.0. The van der Waals surface area contributed by atoms with Crippen molar-refractivity contribution < 1.29 is 9.18 Å². The molecule has 4 rings (SSSR count). The molecule has 0 radical (unpaired) electrons. The predicted molar refractivity (Wildman–Crippen MR) is 120 cm³/mol. The molecule has 1 amide bonds. The van der Waals surface area contributed by atoms with Gasteiger partial charge in [-0.3, -0.25) is 9.69 Å². The molecule has 3 aromatic rings. The first kappa shape index (κ1) is 22.2. The van der Waals surface area contributed by atoms with E-state index in [1.54, 1.807) is 28.2 Å². The van der Waals surface area contributed by atoms with Gasteiger partial charge in [-0.15, -0.1) is 16.4 Å². The largest absolute Gasteiger partial charge is 0.339 e. The summed E-state index contributed by atoms with van der Waals surface area (Å²) in [7, 11) is 0. The normalized spacial score (nSPS) is 14.8. The Morgan fingerprint density at radius 2 is 2.03 bits per heavy atom. The van der Waals surface area contributed by atoms with Gasteiger partial charge in [-0.05, 0) is 34.0 Å². The van der Waals surface area contributed by atoms with Crippen molar-refractivity contribution in [3.8, 4) is 0 Å². The van der Waals surface area contributed by atoms with E-state index >= 15 is 0 Å². The van der Waals surface area contributed by atoms with Crippen molar-refractivity contribution in [3.63, 3.8) is 0 Å². The highest BCUT2D eigenvalue weighted by molar-refractivity contribution is 7.99. The Balaban J connectivity index is 1.23. The minimum Gasteiger partial charge on any atom is -0.339 e. The van der Waals surface area contributed by atoms with Gasteiger partial charge in [0.2, 0.25) is 11.1 Å². The first-order chi connectivity index (χ1) is 15.1. The summed E-state index contributed by atoms with van der Waals surface area (Å²) >= 11 is 9.20. The number of carbonyl (C=O) groups is 1. The van der Waals surface area contributed by atoms with E-state index < -0.39 is 0 Å². The van der Waals surface area contributed by atoms with E-state index in [-0.39, 0.29) is 11.7 Å². The van der Waals surface area contributed by atoms with Crippen LogP contribution in [0.5, 0.6) is 0 Å². The van der Waals surface area contributed by atoms with Crippen LogP contribution in [0.2, 0.25) is 5.02 Å². The fourth-order valence-corrected chi connectivity index (χ4v) is 5.12. The Bertz CT molecular complexity index is 987. The molecular weight excluding hydrogens is 459 g/mol. The van der Waals surface area contributed by atoms with Crippen molar-refractivity contribution in [3.05, 3.63) is 57.0 Å². The van der Waals surface area contributed by atoms with E-state index in [9.17, 15) is 9.18 Å². The molecule has 1 aromatic carbocycles. The van der Waals surface area contributed by atoms with Crippen LogP contribution in [0.4, 0.5) is 4.39 Å². The number of hydrogen-bond acceptors (Lipinski definition) is 7. The number of rotatable bonds is 8. The minimum atomic E-state index is -0.292. The standard InChI is InChI=1S/C20H22ClFN6OS2/c21-17-4-1-5-18(22)16(17)13-26-8-10-27(11-9-26)19(29)14-31-20-23-24-25-28(20)7-6-15-3-2-12-30-15/h1-5,12H,6-11,13-14H2. The van der Waals surface area contributed by atoms with Gasteiger partial charge < -0.3 is 4.90 Å². The van der Waals surface area contributed by atoms with E-state index in [1.165, 1.54) is 22.7 Å². The van der Waals surface area contributed by atoms with Crippen molar-refractivity contribution in [2.75, 3.05) is 31.9 Å². The zero-order valence-electron chi connectivity index (χ0n) is 16.8. The molecule has 1 aliphatic heterocycles. The van der Waals surface area contributed by atoms with Crippen LogP contribution in [0.1, 0.15) is 10.4 Å². The number of halogens is 2. The second-order valence-electron chi connectivity index (χ2n) is 7.16. The number of carbonyl (C=O) groups excluding carboxylic acids is 1. The number of nitrogens with zero attached hydrogens (tertiary/aromatic N) is 6. The highest BCUT2D eigenvalue weighted by Crippen LogP contribution is 2.22. The lowest BCUT2D eigenvalue weighted by molar-refractivity contribution is -0.130. The molecule has 0 N–H and O–H groups in total. The lowest BCUT2D eigenvalue weighted by atomic mass is 10.2. The quantitative estimate of drug-likeness (QED) is 0.461. The number of benzene rings is 1. The monoisotopic (exact) mass is 480 g/mol. The summed E-state index contributed by atoms with van der Waals surface area (Å²) in [6.07, 6.45) is 0.859. The van der Waals surface area contributed by atoms with Gasteiger partial charge in [-0.2, -0.15) is 0 Å². The Morgan fingerprint density at radius 1 is 1.19 bits per heavy atom. The van der Waals surface area contributed by atoms with Crippen LogP contribution in [-0.4, -0.2) is 67.8 Å². The van der Waals surface area contributed by atoms with Crippen molar-refractivity contribution in [2.24, 2.45) is 0 Å². The second-order valence-corrected chi connectivity index (χ2v) is 9.54. The number of hydrogen-bond donors (Lipinski definition) is 0. The van der Waals surface area contributed by atoms with Gasteiger partial charge in [-0.1, -0.05) is 35.5 Å². The third-order valence-electron chi connectivity index (χ3n) is 5.14. The molecule has 0 unspecified atom stereocenters. The summed E-state index contributed by atoms with van der Waals surface area (Å²) in [4.78, 5) is 17.9. The van der Waals surface area contributed by atoms with Gasteiger partial charge in [0.25, 0.3) is 0 Å². The Hall–Kier alpha value is -2.01. The van der Waals surface area contributed by atoms with Crippen LogP contribution in [0.3, 0.4) is 0 Å². The number of piperazine rings is 1. The topological polar surface area (TPSA) is 67.2 Å². The van der Waals surface area contributed by atoms with Crippen molar-refractivity contribution >= 4 is 40.6 Å². The third kappa shape index (κ3) is 5.82. The first-order valence-corrected chi connectivity index (χ1v) is 12.2.